The van der Waals surface area contributed by atoms with Gasteiger partial charge in [0.15, 0.2) is 0 Å². The molecule has 2 nitrogen and oxygen atoms in total. The molecule has 0 saturated heterocycles. The molecule has 1 N–H and O–H groups in total. The molecule has 0 aliphatic rings. The Balaban J connectivity index is 2.32. The number of halogens is 2. The molecule has 2 aromatic rings. The molecule has 0 aliphatic heterocycles. The molecule has 2 aromatic carbocycles. The Morgan fingerprint density at radius 1 is 1.05 bits per heavy atom. The zero-order chi connectivity index (χ0) is 14.0. The standard InChI is InChI=1S/C15H13Cl2NO/c1-9-5-11(6-10(2)15(9)19)8-18-14-4-3-12(16)7-13(14)17/h3-8,19H,1-2H3. The van der Waals surface area contributed by atoms with Crippen LogP contribution in [-0.2, 0) is 0 Å². The van der Waals surface area contributed by atoms with Gasteiger partial charge in [-0.15, -0.1) is 0 Å². The van der Waals surface area contributed by atoms with Crippen LogP contribution in [0.25, 0.3) is 0 Å². The Bertz CT molecular complexity index is 628. The van der Waals surface area contributed by atoms with Crippen molar-refractivity contribution in [1.29, 1.82) is 0 Å². The van der Waals surface area contributed by atoms with Gasteiger partial charge in [0, 0.05) is 11.2 Å². The lowest BCUT2D eigenvalue weighted by atomic mass is 10.1. The maximum atomic E-state index is 9.71. The van der Waals surface area contributed by atoms with E-state index in [4.69, 9.17) is 23.2 Å². The number of rotatable bonds is 2. The number of phenols is 1. The fourth-order valence-electron chi connectivity index (χ4n) is 1.79. The minimum atomic E-state index is 0.321. The molecule has 0 unspecified atom stereocenters. The van der Waals surface area contributed by atoms with Crippen molar-refractivity contribution in [2.45, 2.75) is 13.8 Å². The highest BCUT2D eigenvalue weighted by molar-refractivity contribution is 6.36. The summed E-state index contributed by atoms with van der Waals surface area (Å²) < 4.78 is 0. The maximum absolute atomic E-state index is 9.71. The molecular weight excluding hydrogens is 281 g/mol. The summed E-state index contributed by atoms with van der Waals surface area (Å²) in [7, 11) is 0. The Morgan fingerprint density at radius 2 is 1.68 bits per heavy atom. The summed E-state index contributed by atoms with van der Waals surface area (Å²) in [6, 6.07) is 8.91. The summed E-state index contributed by atoms with van der Waals surface area (Å²) in [5, 5.41) is 10.8. The molecular formula is C15H13Cl2NO. The van der Waals surface area contributed by atoms with Crippen LogP contribution >= 0.6 is 23.2 Å². The van der Waals surface area contributed by atoms with Gasteiger partial charge in [0.1, 0.15) is 5.75 Å². The molecule has 98 valence electrons. The zero-order valence-corrected chi connectivity index (χ0v) is 12.1. The molecule has 0 heterocycles. The third kappa shape index (κ3) is 3.28. The largest absolute Gasteiger partial charge is 0.507 e. The zero-order valence-electron chi connectivity index (χ0n) is 10.6. The highest BCUT2D eigenvalue weighted by atomic mass is 35.5. The van der Waals surface area contributed by atoms with E-state index >= 15 is 0 Å². The number of phenolic OH excluding ortho intramolecular Hbond substituents is 1. The van der Waals surface area contributed by atoms with Crippen molar-refractivity contribution >= 4 is 35.1 Å². The first kappa shape index (κ1) is 13.9. The smallest absolute Gasteiger partial charge is 0.121 e. The summed E-state index contributed by atoms with van der Waals surface area (Å²) in [5.74, 6) is 0.321. The van der Waals surface area contributed by atoms with Crippen LogP contribution in [0.5, 0.6) is 5.75 Å². The molecule has 0 radical (unpaired) electrons. The third-order valence-corrected chi connectivity index (χ3v) is 3.31. The predicted octanol–water partition coefficient (Wildman–Crippen LogP) is 5.07. The van der Waals surface area contributed by atoms with Crippen LogP contribution in [0.15, 0.2) is 35.3 Å². The summed E-state index contributed by atoms with van der Waals surface area (Å²) >= 11 is 11.9. The minimum Gasteiger partial charge on any atom is -0.507 e. The third-order valence-electron chi connectivity index (χ3n) is 2.78. The van der Waals surface area contributed by atoms with Crippen LogP contribution in [0, 0.1) is 13.8 Å². The van der Waals surface area contributed by atoms with E-state index < -0.39 is 0 Å². The van der Waals surface area contributed by atoms with Gasteiger partial charge >= 0.3 is 0 Å². The summed E-state index contributed by atoms with van der Waals surface area (Å²) in [6.45, 7) is 3.71. The van der Waals surface area contributed by atoms with Gasteiger partial charge in [0.05, 0.1) is 10.7 Å². The molecule has 0 amide bonds. The number of benzene rings is 2. The monoisotopic (exact) mass is 293 g/mol. The van der Waals surface area contributed by atoms with Gasteiger partial charge in [-0.3, -0.25) is 4.99 Å². The quantitative estimate of drug-likeness (QED) is 0.771. The lowest BCUT2D eigenvalue weighted by molar-refractivity contribution is 0.467. The molecule has 4 heteroatoms. The van der Waals surface area contributed by atoms with E-state index in [1.165, 1.54) is 0 Å². The molecule has 2 rings (SSSR count). The van der Waals surface area contributed by atoms with Gasteiger partial charge in [0.25, 0.3) is 0 Å². The second-order valence-electron chi connectivity index (χ2n) is 4.36. The topological polar surface area (TPSA) is 32.6 Å². The Morgan fingerprint density at radius 3 is 2.26 bits per heavy atom. The van der Waals surface area contributed by atoms with Crippen molar-refractivity contribution in [3.8, 4) is 5.75 Å². The van der Waals surface area contributed by atoms with Gasteiger partial charge in [-0.2, -0.15) is 0 Å². The molecule has 0 bridgehead atoms. The van der Waals surface area contributed by atoms with Gasteiger partial charge in [0.2, 0.25) is 0 Å². The second kappa shape index (κ2) is 5.64. The molecule has 0 saturated carbocycles. The number of aryl methyl sites for hydroxylation is 2. The van der Waals surface area contributed by atoms with Crippen LogP contribution in [0.4, 0.5) is 5.69 Å². The average molecular weight is 294 g/mol. The van der Waals surface area contributed by atoms with E-state index in [-0.39, 0.29) is 0 Å². The summed E-state index contributed by atoms with van der Waals surface area (Å²) in [6.07, 6.45) is 1.72. The van der Waals surface area contributed by atoms with Gasteiger partial charge in [-0.1, -0.05) is 23.2 Å². The Kier molecular flexibility index (Phi) is 4.13. The molecule has 0 atom stereocenters. The second-order valence-corrected chi connectivity index (χ2v) is 5.20. The van der Waals surface area contributed by atoms with Crippen molar-refractivity contribution in [2.24, 2.45) is 4.99 Å². The maximum Gasteiger partial charge on any atom is 0.121 e. The first-order chi connectivity index (χ1) is 8.97. The van der Waals surface area contributed by atoms with Crippen LogP contribution in [0.3, 0.4) is 0 Å². The van der Waals surface area contributed by atoms with E-state index in [2.05, 4.69) is 4.99 Å². The van der Waals surface area contributed by atoms with Crippen LogP contribution in [0.2, 0.25) is 10.0 Å². The van der Waals surface area contributed by atoms with Crippen LogP contribution in [0.1, 0.15) is 16.7 Å². The molecule has 0 spiro atoms. The van der Waals surface area contributed by atoms with E-state index in [9.17, 15) is 5.11 Å². The normalized spacial score (nSPS) is 11.2. The lowest BCUT2D eigenvalue weighted by Crippen LogP contribution is -1.87. The molecule has 19 heavy (non-hydrogen) atoms. The van der Waals surface area contributed by atoms with E-state index in [1.807, 2.05) is 26.0 Å². The van der Waals surface area contributed by atoms with Crippen LogP contribution < -0.4 is 0 Å². The SMILES string of the molecule is Cc1cc(C=Nc2ccc(Cl)cc2Cl)cc(C)c1O. The van der Waals surface area contributed by atoms with Crippen molar-refractivity contribution in [3.05, 3.63) is 57.1 Å². The first-order valence-electron chi connectivity index (χ1n) is 5.76. The van der Waals surface area contributed by atoms with Crippen LogP contribution in [-0.4, -0.2) is 11.3 Å². The number of nitrogens with zero attached hydrogens (tertiary/aromatic N) is 1. The number of hydrogen-bond donors (Lipinski definition) is 1. The van der Waals surface area contributed by atoms with Gasteiger partial charge in [-0.05, 0) is 60.9 Å². The fraction of sp³-hybridized carbons (Fsp3) is 0.133. The van der Waals surface area contributed by atoms with E-state index in [0.717, 1.165) is 16.7 Å². The number of hydrogen-bond acceptors (Lipinski definition) is 2. The summed E-state index contributed by atoms with van der Waals surface area (Å²) in [4.78, 5) is 4.33. The van der Waals surface area contributed by atoms with E-state index in [1.54, 1.807) is 24.4 Å². The number of aliphatic imine (C=N–C) groups is 1. The Hall–Kier alpha value is -1.51. The predicted molar refractivity (Wildman–Crippen MR) is 81.3 cm³/mol. The lowest BCUT2D eigenvalue weighted by Gasteiger charge is -2.04. The first-order valence-corrected chi connectivity index (χ1v) is 6.52. The highest BCUT2D eigenvalue weighted by Crippen LogP contribution is 2.28. The minimum absolute atomic E-state index is 0.321. The summed E-state index contributed by atoms with van der Waals surface area (Å²) in [5.41, 5.74) is 3.22. The highest BCUT2D eigenvalue weighted by Gasteiger charge is 2.02. The van der Waals surface area contributed by atoms with Crippen molar-refractivity contribution in [2.75, 3.05) is 0 Å². The fourth-order valence-corrected chi connectivity index (χ4v) is 2.25. The molecule has 0 aliphatic carbocycles. The van der Waals surface area contributed by atoms with Crippen molar-refractivity contribution in [3.63, 3.8) is 0 Å². The Labute approximate surface area is 122 Å². The van der Waals surface area contributed by atoms with Gasteiger partial charge < -0.3 is 5.11 Å². The average Bonchev–Trinajstić information content (AvgIpc) is 2.34. The number of aromatic hydroxyl groups is 1. The molecule has 0 fully saturated rings. The van der Waals surface area contributed by atoms with Crippen molar-refractivity contribution in [1.82, 2.24) is 0 Å². The van der Waals surface area contributed by atoms with Gasteiger partial charge in [-0.25, -0.2) is 0 Å². The molecule has 0 aromatic heterocycles. The van der Waals surface area contributed by atoms with E-state index in [0.29, 0.717) is 21.5 Å². The van der Waals surface area contributed by atoms with Crippen molar-refractivity contribution < 1.29 is 5.11 Å².